The van der Waals surface area contributed by atoms with Crippen molar-refractivity contribution in [3.63, 3.8) is 0 Å². The first-order valence-electron chi connectivity index (χ1n) is 10.4. The van der Waals surface area contributed by atoms with E-state index in [0.29, 0.717) is 19.8 Å². The van der Waals surface area contributed by atoms with E-state index in [-0.39, 0.29) is 12.1 Å². The topological polar surface area (TPSA) is 49.4 Å². The average Bonchev–Trinajstić information content (AvgIpc) is 3.10. The van der Waals surface area contributed by atoms with E-state index in [0.717, 1.165) is 5.47 Å². The first kappa shape index (κ1) is 21.0. The largest absolute Gasteiger partial charge is 0.492 e. The van der Waals surface area contributed by atoms with E-state index in [4.69, 9.17) is 23.6 Å². The summed E-state index contributed by atoms with van der Waals surface area (Å²) in [7, 11) is -0.445. The van der Waals surface area contributed by atoms with Crippen LogP contribution >= 0.6 is 0 Å². The van der Waals surface area contributed by atoms with Crippen LogP contribution in [-0.2, 0) is 30.2 Å². The first-order chi connectivity index (χ1) is 13.6. The zero-order valence-corrected chi connectivity index (χ0v) is 18.3. The van der Waals surface area contributed by atoms with Crippen LogP contribution in [0.5, 0.6) is 0 Å². The third-order valence-corrected chi connectivity index (χ3v) is 6.30. The summed E-state index contributed by atoms with van der Waals surface area (Å²) in [5, 5.41) is 1.99. The minimum absolute atomic E-state index is 0.166. The second-order valence-corrected chi connectivity index (χ2v) is 9.46. The lowest BCUT2D eigenvalue weighted by atomic mass is 9.71. The third-order valence-electron chi connectivity index (χ3n) is 6.30. The fourth-order valence-corrected chi connectivity index (χ4v) is 3.99. The normalized spacial score (nSPS) is 31.1. The van der Waals surface area contributed by atoms with Gasteiger partial charge in [-0.1, -0.05) is 36.4 Å². The van der Waals surface area contributed by atoms with E-state index in [1.54, 1.807) is 0 Å². The van der Waals surface area contributed by atoms with Crippen molar-refractivity contribution >= 4 is 7.12 Å². The number of hydroxylamine groups is 2. The summed E-state index contributed by atoms with van der Waals surface area (Å²) in [6, 6.07) is 10.1. The zero-order valence-electron chi connectivity index (χ0n) is 18.3. The second-order valence-electron chi connectivity index (χ2n) is 9.46. The van der Waals surface area contributed by atoms with Crippen molar-refractivity contribution in [1.29, 1.82) is 0 Å². The van der Waals surface area contributed by atoms with Gasteiger partial charge in [0.1, 0.15) is 6.10 Å². The number of nitrogens with zero attached hydrogens (tertiary/aromatic N) is 1. The van der Waals surface area contributed by atoms with Gasteiger partial charge in [-0.2, -0.15) is 5.06 Å². The Labute approximate surface area is 174 Å². The molecule has 0 unspecified atom stereocenters. The third kappa shape index (κ3) is 4.17. The van der Waals surface area contributed by atoms with Crippen molar-refractivity contribution in [3.8, 4) is 0 Å². The quantitative estimate of drug-likeness (QED) is 0.720. The van der Waals surface area contributed by atoms with Crippen LogP contribution in [0, 0.1) is 0 Å². The van der Waals surface area contributed by atoms with Crippen LogP contribution in [-0.4, -0.2) is 54.5 Å². The monoisotopic (exact) mass is 401 g/mol. The summed E-state index contributed by atoms with van der Waals surface area (Å²) in [4.78, 5) is 6.08. The maximum atomic E-state index is 6.37. The SMILES string of the molecule is CC1(C)OC[C@H]([C@H]2C(B3OC(C)(C)C(C)(C)O3)=CCON2Cc2ccccc2)O1. The van der Waals surface area contributed by atoms with Gasteiger partial charge in [-0.3, -0.25) is 4.84 Å². The molecule has 0 amide bonds. The molecule has 1 aromatic carbocycles. The summed E-state index contributed by atoms with van der Waals surface area (Å²) >= 11 is 0. The molecule has 3 aliphatic heterocycles. The Morgan fingerprint density at radius 1 is 1.00 bits per heavy atom. The fraction of sp³-hybridized carbons (Fsp3) is 0.636. The molecule has 4 rings (SSSR count). The molecule has 3 aliphatic rings. The predicted molar refractivity (Wildman–Crippen MR) is 111 cm³/mol. The van der Waals surface area contributed by atoms with Crippen LogP contribution in [0.1, 0.15) is 47.1 Å². The maximum absolute atomic E-state index is 6.37. The molecule has 7 heteroatoms. The molecule has 0 spiro atoms. The van der Waals surface area contributed by atoms with Crippen molar-refractivity contribution in [2.45, 2.75) is 77.2 Å². The summed E-state index contributed by atoms with van der Waals surface area (Å²) in [6.07, 6.45) is 1.89. The Morgan fingerprint density at radius 3 is 2.24 bits per heavy atom. The van der Waals surface area contributed by atoms with E-state index < -0.39 is 24.1 Å². The lowest BCUT2D eigenvalue weighted by Gasteiger charge is -2.39. The van der Waals surface area contributed by atoms with Gasteiger partial charge in [-0.15, -0.1) is 0 Å². The van der Waals surface area contributed by atoms with Crippen LogP contribution < -0.4 is 0 Å². The van der Waals surface area contributed by atoms with Crippen LogP contribution in [0.15, 0.2) is 41.9 Å². The summed E-state index contributed by atoms with van der Waals surface area (Å²) in [6.45, 7) is 13.8. The Balaban J connectivity index is 1.63. The van der Waals surface area contributed by atoms with Crippen molar-refractivity contribution in [3.05, 3.63) is 47.4 Å². The number of ether oxygens (including phenoxy) is 2. The Hall–Kier alpha value is -1.22. The molecule has 3 heterocycles. The second kappa shape index (κ2) is 7.48. The van der Waals surface area contributed by atoms with Crippen molar-refractivity contribution in [1.82, 2.24) is 5.06 Å². The molecule has 0 bridgehead atoms. The number of hydrogen-bond acceptors (Lipinski definition) is 6. The molecule has 0 N–H and O–H groups in total. The summed E-state index contributed by atoms with van der Waals surface area (Å²) in [5.41, 5.74) is 1.40. The van der Waals surface area contributed by atoms with E-state index >= 15 is 0 Å². The molecule has 2 saturated heterocycles. The molecular weight excluding hydrogens is 369 g/mol. The Morgan fingerprint density at radius 2 is 1.66 bits per heavy atom. The number of benzene rings is 1. The van der Waals surface area contributed by atoms with Crippen LogP contribution in [0.3, 0.4) is 0 Å². The highest BCUT2D eigenvalue weighted by molar-refractivity contribution is 6.55. The van der Waals surface area contributed by atoms with E-state index in [1.807, 2.05) is 37.1 Å². The standard InChI is InChI=1S/C22H32BNO5/c1-20(2)21(3,4)29-23(28-20)17-12-13-26-24(14-16-10-8-7-9-11-16)19(17)18-15-25-22(5,6)27-18/h7-12,18-19H,13-15H2,1-6H3/t18-,19-/m1/s1. The molecule has 1 aromatic rings. The van der Waals surface area contributed by atoms with Gasteiger partial charge in [0.05, 0.1) is 30.5 Å². The summed E-state index contributed by atoms with van der Waals surface area (Å²) in [5.74, 6) is -0.623. The minimum atomic E-state index is -0.623. The number of rotatable bonds is 4. The lowest BCUT2D eigenvalue weighted by molar-refractivity contribution is -0.214. The average molecular weight is 401 g/mol. The van der Waals surface area contributed by atoms with Gasteiger partial charge in [0.15, 0.2) is 5.79 Å². The van der Waals surface area contributed by atoms with Crippen LogP contribution in [0.2, 0.25) is 0 Å². The van der Waals surface area contributed by atoms with Gasteiger partial charge in [0.25, 0.3) is 0 Å². The van der Waals surface area contributed by atoms with E-state index in [9.17, 15) is 0 Å². The van der Waals surface area contributed by atoms with Crippen LogP contribution in [0.4, 0.5) is 0 Å². The van der Waals surface area contributed by atoms with E-state index in [1.165, 1.54) is 5.56 Å². The molecule has 0 aliphatic carbocycles. The molecule has 0 saturated carbocycles. The van der Waals surface area contributed by atoms with Gasteiger partial charge in [0, 0.05) is 6.54 Å². The van der Waals surface area contributed by atoms with Gasteiger partial charge < -0.3 is 18.8 Å². The van der Waals surface area contributed by atoms with Gasteiger partial charge in [-0.25, -0.2) is 0 Å². The molecule has 0 aromatic heterocycles. The van der Waals surface area contributed by atoms with Crippen LogP contribution in [0.25, 0.3) is 0 Å². The molecule has 2 atom stereocenters. The lowest BCUT2D eigenvalue weighted by Crippen LogP contribution is -2.52. The fourth-order valence-electron chi connectivity index (χ4n) is 3.99. The minimum Gasteiger partial charge on any atom is -0.400 e. The molecule has 0 radical (unpaired) electrons. The van der Waals surface area contributed by atoms with E-state index in [2.05, 4.69) is 45.9 Å². The summed E-state index contributed by atoms with van der Waals surface area (Å²) < 4.78 is 24.9. The van der Waals surface area contributed by atoms with Crippen molar-refractivity contribution in [2.24, 2.45) is 0 Å². The molecule has 2 fully saturated rings. The smallest absolute Gasteiger partial charge is 0.400 e. The highest BCUT2D eigenvalue weighted by Crippen LogP contribution is 2.42. The Bertz CT molecular complexity index is 748. The predicted octanol–water partition coefficient (Wildman–Crippen LogP) is 3.51. The van der Waals surface area contributed by atoms with Crippen molar-refractivity contribution in [2.75, 3.05) is 13.2 Å². The first-order valence-corrected chi connectivity index (χ1v) is 10.4. The molecule has 29 heavy (non-hydrogen) atoms. The Kier molecular flexibility index (Phi) is 5.43. The van der Waals surface area contributed by atoms with Crippen molar-refractivity contribution < 1.29 is 23.6 Å². The highest BCUT2D eigenvalue weighted by atomic mass is 16.7. The molecule has 158 valence electrons. The molecular formula is C22H32BNO5. The highest BCUT2D eigenvalue weighted by Gasteiger charge is 2.56. The van der Waals surface area contributed by atoms with Gasteiger partial charge >= 0.3 is 7.12 Å². The van der Waals surface area contributed by atoms with Gasteiger partial charge in [0.2, 0.25) is 0 Å². The molecule has 6 nitrogen and oxygen atoms in total. The zero-order chi connectivity index (χ0) is 20.9. The van der Waals surface area contributed by atoms with Gasteiger partial charge in [-0.05, 0) is 52.6 Å². The number of hydrogen-bond donors (Lipinski definition) is 0. The maximum Gasteiger partial charge on any atom is 0.492 e.